The van der Waals surface area contributed by atoms with Gasteiger partial charge in [0.2, 0.25) is 0 Å². The van der Waals surface area contributed by atoms with Crippen molar-refractivity contribution in [2.24, 2.45) is 10.9 Å². The average Bonchev–Trinajstić information content (AvgIpc) is 3.29. The van der Waals surface area contributed by atoms with Crippen molar-refractivity contribution < 1.29 is 4.74 Å². The van der Waals surface area contributed by atoms with Gasteiger partial charge in [-0.2, -0.15) is 0 Å². The van der Waals surface area contributed by atoms with Gasteiger partial charge in [0.15, 0.2) is 5.96 Å². The van der Waals surface area contributed by atoms with Crippen molar-refractivity contribution in [1.82, 2.24) is 10.6 Å². The molecule has 4 heteroatoms. The third kappa shape index (κ3) is 5.58. The normalized spacial score (nSPS) is 16.5. The number of hydrogen-bond donors (Lipinski definition) is 2. The van der Waals surface area contributed by atoms with Gasteiger partial charge in [0.05, 0.1) is 12.6 Å². The fraction of sp³-hybridized carbons (Fsp3) is 0.611. The van der Waals surface area contributed by atoms with E-state index < -0.39 is 0 Å². The Morgan fingerprint density at radius 3 is 2.45 bits per heavy atom. The van der Waals surface area contributed by atoms with Gasteiger partial charge in [0.25, 0.3) is 0 Å². The maximum absolute atomic E-state index is 5.73. The first-order chi connectivity index (χ1) is 10.6. The zero-order valence-electron chi connectivity index (χ0n) is 14.2. The minimum absolute atomic E-state index is 0.218. The van der Waals surface area contributed by atoms with Gasteiger partial charge in [0, 0.05) is 12.6 Å². The molecule has 2 N–H and O–H groups in total. The summed E-state index contributed by atoms with van der Waals surface area (Å²) in [5, 5.41) is 6.92. The highest BCUT2D eigenvalue weighted by molar-refractivity contribution is 5.80. The summed E-state index contributed by atoms with van der Waals surface area (Å²) in [7, 11) is 0. The van der Waals surface area contributed by atoms with Crippen LogP contribution in [0.25, 0.3) is 0 Å². The Morgan fingerprint density at radius 1 is 1.23 bits per heavy atom. The molecule has 1 unspecified atom stereocenters. The maximum Gasteiger partial charge on any atom is 0.191 e. The SMILES string of the molecule is CCN=C(NC1CC1)NC(C)c1ccc(OCC(C)C)cc1. The van der Waals surface area contributed by atoms with Crippen LogP contribution >= 0.6 is 0 Å². The molecule has 0 saturated heterocycles. The fourth-order valence-corrected chi connectivity index (χ4v) is 2.12. The van der Waals surface area contributed by atoms with Crippen molar-refractivity contribution in [3.63, 3.8) is 0 Å². The predicted octanol–water partition coefficient (Wildman–Crippen LogP) is 3.50. The number of rotatable bonds is 7. The summed E-state index contributed by atoms with van der Waals surface area (Å²) in [6.45, 7) is 10.1. The monoisotopic (exact) mass is 303 g/mol. The molecule has 0 bridgehead atoms. The number of guanidine groups is 1. The van der Waals surface area contributed by atoms with E-state index in [1.165, 1.54) is 18.4 Å². The molecule has 122 valence electrons. The second kappa shape index (κ2) is 8.06. The lowest BCUT2D eigenvalue weighted by Gasteiger charge is -2.19. The molecule has 1 aliphatic carbocycles. The van der Waals surface area contributed by atoms with Crippen LogP contribution < -0.4 is 15.4 Å². The fourth-order valence-electron chi connectivity index (χ4n) is 2.12. The Morgan fingerprint density at radius 2 is 1.91 bits per heavy atom. The van der Waals surface area contributed by atoms with Gasteiger partial charge in [-0.1, -0.05) is 26.0 Å². The topological polar surface area (TPSA) is 45.7 Å². The molecule has 1 aromatic carbocycles. The molecular weight excluding hydrogens is 274 g/mol. The molecule has 1 fully saturated rings. The number of hydrogen-bond acceptors (Lipinski definition) is 2. The van der Waals surface area contributed by atoms with Crippen molar-refractivity contribution in [2.75, 3.05) is 13.2 Å². The van der Waals surface area contributed by atoms with Gasteiger partial charge < -0.3 is 15.4 Å². The van der Waals surface area contributed by atoms with E-state index in [-0.39, 0.29) is 6.04 Å². The summed E-state index contributed by atoms with van der Waals surface area (Å²) in [4.78, 5) is 4.51. The summed E-state index contributed by atoms with van der Waals surface area (Å²) in [6.07, 6.45) is 2.50. The Kier molecular flexibility index (Phi) is 6.10. The molecule has 1 aromatic rings. The van der Waals surface area contributed by atoms with E-state index in [1.807, 2.05) is 12.1 Å². The van der Waals surface area contributed by atoms with E-state index >= 15 is 0 Å². The molecular formula is C18H29N3O. The highest BCUT2D eigenvalue weighted by atomic mass is 16.5. The molecule has 2 rings (SSSR count). The second-order valence-electron chi connectivity index (χ2n) is 6.38. The lowest BCUT2D eigenvalue weighted by atomic mass is 10.1. The molecule has 0 amide bonds. The van der Waals surface area contributed by atoms with E-state index in [1.54, 1.807) is 0 Å². The number of nitrogens with one attached hydrogen (secondary N) is 2. The van der Waals surface area contributed by atoms with Crippen LogP contribution in [0.5, 0.6) is 5.75 Å². The number of ether oxygens (including phenoxy) is 1. The van der Waals surface area contributed by atoms with Crippen LogP contribution in [0.4, 0.5) is 0 Å². The van der Waals surface area contributed by atoms with Crippen LogP contribution in [0.3, 0.4) is 0 Å². The van der Waals surface area contributed by atoms with Crippen LogP contribution in [-0.2, 0) is 0 Å². The summed E-state index contributed by atoms with van der Waals surface area (Å²) in [6, 6.07) is 9.15. The third-order valence-corrected chi connectivity index (χ3v) is 3.55. The largest absolute Gasteiger partial charge is 0.493 e. The Labute approximate surface area is 134 Å². The maximum atomic E-state index is 5.73. The second-order valence-corrected chi connectivity index (χ2v) is 6.38. The first kappa shape index (κ1) is 16.7. The van der Waals surface area contributed by atoms with Gasteiger partial charge in [-0.05, 0) is 50.3 Å². The molecule has 4 nitrogen and oxygen atoms in total. The van der Waals surface area contributed by atoms with E-state index in [9.17, 15) is 0 Å². The van der Waals surface area contributed by atoms with Gasteiger partial charge >= 0.3 is 0 Å². The van der Waals surface area contributed by atoms with Crippen LogP contribution in [0.15, 0.2) is 29.3 Å². The summed E-state index contributed by atoms with van der Waals surface area (Å²) >= 11 is 0. The zero-order chi connectivity index (χ0) is 15.9. The summed E-state index contributed by atoms with van der Waals surface area (Å²) in [5.74, 6) is 2.39. The first-order valence-corrected chi connectivity index (χ1v) is 8.38. The molecule has 0 radical (unpaired) electrons. The van der Waals surface area contributed by atoms with Gasteiger partial charge in [0.1, 0.15) is 5.75 Å². The van der Waals surface area contributed by atoms with Crippen molar-refractivity contribution in [3.8, 4) is 5.75 Å². The van der Waals surface area contributed by atoms with Crippen molar-refractivity contribution in [2.45, 2.75) is 52.6 Å². The van der Waals surface area contributed by atoms with Crippen molar-refractivity contribution >= 4 is 5.96 Å². The molecule has 22 heavy (non-hydrogen) atoms. The smallest absolute Gasteiger partial charge is 0.191 e. The van der Waals surface area contributed by atoms with Crippen molar-refractivity contribution in [1.29, 1.82) is 0 Å². The lowest BCUT2D eigenvalue weighted by Crippen LogP contribution is -2.40. The number of nitrogens with zero attached hydrogens (tertiary/aromatic N) is 1. The molecule has 0 spiro atoms. The summed E-state index contributed by atoms with van der Waals surface area (Å²) < 4.78 is 5.73. The van der Waals surface area contributed by atoms with Crippen LogP contribution in [-0.4, -0.2) is 25.2 Å². The van der Waals surface area contributed by atoms with Crippen LogP contribution in [0.1, 0.15) is 52.1 Å². The quantitative estimate of drug-likeness (QED) is 0.598. The highest BCUT2D eigenvalue weighted by Gasteiger charge is 2.22. The van der Waals surface area contributed by atoms with E-state index in [2.05, 4.69) is 55.5 Å². The highest BCUT2D eigenvalue weighted by Crippen LogP contribution is 2.20. The Bertz CT molecular complexity index is 478. The molecule has 1 aliphatic rings. The minimum atomic E-state index is 0.218. The summed E-state index contributed by atoms with van der Waals surface area (Å²) in [5.41, 5.74) is 1.23. The molecule has 0 aliphatic heterocycles. The van der Waals surface area contributed by atoms with Gasteiger partial charge in [-0.3, -0.25) is 4.99 Å². The van der Waals surface area contributed by atoms with E-state index in [0.29, 0.717) is 12.0 Å². The molecule has 0 aromatic heterocycles. The predicted molar refractivity (Wildman–Crippen MR) is 92.5 cm³/mol. The minimum Gasteiger partial charge on any atom is -0.493 e. The first-order valence-electron chi connectivity index (χ1n) is 8.38. The third-order valence-electron chi connectivity index (χ3n) is 3.55. The molecule has 0 heterocycles. The van der Waals surface area contributed by atoms with E-state index in [4.69, 9.17) is 4.74 Å². The van der Waals surface area contributed by atoms with Gasteiger partial charge in [-0.25, -0.2) is 0 Å². The average molecular weight is 303 g/mol. The number of benzene rings is 1. The van der Waals surface area contributed by atoms with Crippen molar-refractivity contribution in [3.05, 3.63) is 29.8 Å². The zero-order valence-corrected chi connectivity index (χ0v) is 14.2. The standard InChI is InChI=1S/C18H29N3O/c1-5-19-18(21-16-8-9-16)20-14(4)15-6-10-17(11-7-15)22-12-13(2)3/h6-7,10-11,13-14,16H,5,8-9,12H2,1-4H3,(H2,19,20,21). The Balaban J connectivity index is 1.90. The lowest BCUT2D eigenvalue weighted by molar-refractivity contribution is 0.271. The molecule has 1 saturated carbocycles. The number of aliphatic imine (C=N–C) groups is 1. The van der Waals surface area contributed by atoms with E-state index in [0.717, 1.165) is 24.9 Å². The van der Waals surface area contributed by atoms with Crippen LogP contribution in [0.2, 0.25) is 0 Å². The van der Waals surface area contributed by atoms with Gasteiger partial charge in [-0.15, -0.1) is 0 Å². The molecule has 1 atom stereocenters. The Hall–Kier alpha value is -1.71. The van der Waals surface area contributed by atoms with Crippen LogP contribution in [0, 0.1) is 5.92 Å².